The Labute approximate surface area is 162 Å². The molecular weight excluding hydrogens is 358 g/mol. The summed E-state index contributed by atoms with van der Waals surface area (Å²) >= 11 is 0. The van der Waals surface area contributed by atoms with Crippen molar-refractivity contribution < 1.29 is 14.6 Å². The topological polar surface area (TPSA) is 126 Å². The van der Waals surface area contributed by atoms with Crippen LogP contribution < -0.4 is 15.8 Å². The summed E-state index contributed by atoms with van der Waals surface area (Å²) in [7, 11) is 0. The molecule has 4 rings (SSSR count). The van der Waals surface area contributed by atoms with Crippen LogP contribution in [-0.4, -0.2) is 39.0 Å². The Kier molecular flexibility index (Phi) is 5.12. The second-order valence-corrected chi connectivity index (χ2v) is 7.24. The van der Waals surface area contributed by atoms with Crippen molar-refractivity contribution in [2.45, 2.75) is 31.7 Å². The highest BCUT2D eigenvalue weighted by Crippen LogP contribution is 2.30. The third-order valence-electron chi connectivity index (χ3n) is 5.18. The zero-order chi connectivity index (χ0) is 19.5. The minimum absolute atomic E-state index is 0.172. The average Bonchev–Trinajstić information content (AvgIpc) is 3.17. The SMILES string of the molecule is NC1CCC(CNC(=O)Oc2cc(-c3ccc(O)cc3)nc3[nH]ncc23)CC1. The van der Waals surface area contributed by atoms with Crippen molar-refractivity contribution in [3.05, 3.63) is 36.5 Å². The summed E-state index contributed by atoms with van der Waals surface area (Å²) in [5, 5.41) is 19.8. The van der Waals surface area contributed by atoms with Gasteiger partial charge in [-0.15, -0.1) is 0 Å². The monoisotopic (exact) mass is 381 g/mol. The van der Waals surface area contributed by atoms with E-state index in [9.17, 15) is 9.90 Å². The predicted molar refractivity (Wildman–Crippen MR) is 105 cm³/mol. The number of carbonyl (C=O) groups excluding carboxylic acids is 1. The van der Waals surface area contributed by atoms with Gasteiger partial charge in [-0.25, -0.2) is 9.78 Å². The first-order valence-corrected chi connectivity index (χ1v) is 9.43. The standard InChI is InChI=1S/C20H23N5O3/c21-14-5-1-12(2-6-14)10-22-20(27)28-18-9-17(13-3-7-15(26)8-4-13)24-19-16(18)11-23-25-19/h3-4,7-9,11-12,14,26H,1-2,5-6,10,21H2,(H,22,27)(H,23,24,25). The normalized spacial score (nSPS) is 19.5. The fraction of sp³-hybridized carbons (Fsp3) is 0.350. The number of aromatic amines is 1. The number of H-pyrrole nitrogens is 1. The van der Waals surface area contributed by atoms with Crippen LogP contribution in [-0.2, 0) is 0 Å². The lowest BCUT2D eigenvalue weighted by atomic mass is 9.86. The Morgan fingerprint density at radius 3 is 2.75 bits per heavy atom. The van der Waals surface area contributed by atoms with E-state index in [1.165, 1.54) is 0 Å². The average molecular weight is 381 g/mol. The van der Waals surface area contributed by atoms with Gasteiger partial charge < -0.3 is 20.9 Å². The van der Waals surface area contributed by atoms with Crippen molar-refractivity contribution in [3.8, 4) is 22.8 Å². The van der Waals surface area contributed by atoms with E-state index in [1.807, 2.05) is 0 Å². The van der Waals surface area contributed by atoms with Crippen molar-refractivity contribution in [1.29, 1.82) is 0 Å². The number of fused-ring (bicyclic) bond motifs is 1. The predicted octanol–water partition coefficient (Wildman–Crippen LogP) is 2.94. The molecule has 28 heavy (non-hydrogen) atoms. The maximum Gasteiger partial charge on any atom is 0.412 e. The summed E-state index contributed by atoms with van der Waals surface area (Å²) in [6.45, 7) is 0.579. The third kappa shape index (κ3) is 4.07. The highest BCUT2D eigenvalue weighted by atomic mass is 16.6. The first kappa shape index (κ1) is 18.2. The number of nitrogens with zero attached hydrogens (tertiary/aromatic N) is 2. The number of amides is 1. The number of phenols is 1. The van der Waals surface area contributed by atoms with Gasteiger partial charge in [0, 0.05) is 24.2 Å². The van der Waals surface area contributed by atoms with E-state index in [0.717, 1.165) is 31.2 Å². The van der Waals surface area contributed by atoms with Gasteiger partial charge >= 0.3 is 6.09 Å². The molecule has 1 aliphatic carbocycles. The molecule has 0 saturated heterocycles. The van der Waals surface area contributed by atoms with Crippen LogP contribution in [0.15, 0.2) is 36.5 Å². The van der Waals surface area contributed by atoms with E-state index in [1.54, 1.807) is 36.5 Å². The van der Waals surface area contributed by atoms with Crippen LogP contribution in [0.3, 0.4) is 0 Å². The van der Waals surface area contributed by atoms with E-state index in [4.69, 9.17) is 10.5 Å². The first-order chi connectivity index (χ1) is 13.6. The maximum atomic E-state index is 12.3. The molecular formula is C20H23N5O3. The van der Waals surface area contributed by atoms with Crippen molar-refractivity contribution in [2.24, 2.45) is 11.7 Å². The van der Waals surface area contributed by atoms with Gasteiger partial charge in [-0.2, -0.15) is 5.10 Å². The number of carbonyl (C=O) groups is 1. The van der Waals surface area contributed by atoms with Crippen molar-refractivity contribution in [2.75, 3.05) is 6.54 Å². The third-order valence-corrected chi connectivity index (χ3v) is 5.18. The Bertz CT molecular complexity index is 962. The van der Waals surface area contributed by atoms with E-state index < -0.39 is 6.09 Å². The van der Waals surface area contributed by atoms with Crippen LogP contribution in [0.5, 0.6) is 11.5 Å². The van der Waals surface area contributed by atoms with E-state index in [-0.39, 0.29) is 11.8 Å². The van der Waals surface area contributed by atoms with Gasteiger partial charge in [0.05, 0.1) is 17.3 Å². The number of aromatic nitrogens is 3. The Morgan fingerprint density at radius 1 is 1.25 bits per heavy atom. The number of rotatable bonds is 4. The number of nitrogens with one attached hydrogen (secondary N) is 2. The number of hydrogen-bond acceptors (Lipinski definition) is 6. The first-order valence-electron chi connectivity index (χ1n) is 9.43. The molecule has 0 atom stereocenters. The molecule has 8 nitrogen and oxygen atoms in total. The molecule has 1 aromatic carbocycles. The molecule has 2 aromatic heterocycles. The number of pyridine rings is 1. The lowest BCUT2D eigenvalue weighted by Gasteiger charge is -2.25. The van der Waals surface area contributed by atoms with E-state index >= 15 is 0 Å². The molecule has 0 bridgehead atoms. The zero-order valence-corrected chi connectivity index (χ0v) is 15.4. The Hall–Kier alpha value is -3.13. The highest BCUT2D eigenvalue weighted by Gasteiger charge is 2.20. The Morgan fingerprint density at radius 2 is 2.00 bits per heavy atom. The molecule has 1 aliphatic rings. The van der Waals surface area contributed by atoms with E-state index in [2.05, 4.69) is 20.5 Å². The molecule has 8 heteroatoms. The quantitative estimate of drug-likeness (QED) is 0.550. The largest absolute Gasteiger partial charge is 0.508 e. The van der Waals surface area contributed by atoms with Crippen LogP contribution in [0, 0.1) is 5.92 Å². The minimum Gasteiger partial charge on any atom is -0.508 e. The molecule has 5 N–H and O–H groups in total. The van der Waals surface area contributed by atoms with Gasteiger partial charge in [0.2, 0.25) is 0 Å². The zero-order valence-electron chi connectivity index (χ0n) is 15.4. The maximum absolute atomic E-state index is 12.3. The summed E-state index contributed by atoms with van der Waals surface area (Å²) < 4.78 is 5.56. The molecule has 146 valence electrons. The summed E-state index contributed by atoms with van der Waals surface area (Å²) in [6.07, 6.45) is 5.12. The van der Waals surface area contributed by atoms with Crippen molar-refractivity contribution in [3.63, 3.8) is 0 Å². The van der Waals surface area contributed by atoms with Crippen LogP contribution in [0.2, 0.25) is 0 Å². The lowest BCUT2D eigenvalue weighted by Crippen LogP contribution is -2.35. The van der Waals surface area contributed by atoms with Crippen LogP contribution in [0.4, 0.5) is 4.79 Å². The molecule has 1 fully saturated rings. The summed E-state index contributed by atoms with van der Waals surface area (Å²) in [5.74, 6) is 0.988. The summed E-state index contributed by atoms with van der Waals surface area (Å²) in [6, 6.07) is 8.64. The smallest absolute Gasteiger partial charge is 0.412 e. The molecule has 2 heterocycles. The molecule has 0 spiro atoms. The van der Waals surface area contributed by atoms with Crippen molar-refractivity contribution in [1.82, 2.24) is 20.5 Å². The van der Waals surface area contributed by atoms with Gasteiger partial charge in [0.1, 0.15) is 11.5 Å². The fourth-order valence-electron chi connectivity index (χ4n) is 3.52. The second kappa shape index (κ2) is 7.85. The van der Waals surface area contributed by atoms with Crippen LogP contribution in [0.25, 0.3) is 22.3 Å². The van der Waals surface area contributed by atoms with Gasteiger partial charge in [0.15, 0.2) is 5.65 Å². The minimum atomic E-state index is -0.500. The highest BCUT2D eigenvalue weighted by molar-refractivity contribution is 5.87. The van der Waals surface area contributed by atoms with Crippen LogP contribution in [0.1, 0.15) is 25.7 Å². The van der Waals surface area contributed by atoms with Gasteiger partial charge in [0.25, 0.3) is 0 Å². The molecule has 1 amide bonds. The molecule has 0 aliphatic heterocycles. The molecule has 1 saturated carbocycles. The second-order valence-electron chi connectivity index (χ2n) is 7.24. The van der Waals surface area contributed by atoms with Crippen LogP contribution >= 0.6 is 0 Å². The number of nitrogens with two attached hydrogens (primary N) is 1. The number of benzene rings is 1. The van der Waals surface area contributed by atoms with Gasteiger partial charge in [-0.05, 0) is 55.9 Å². The number of ether oxygens (including phenoxy) is 1. The lowest BCUT2D eigenvalue weighted by molar-refractivity contribution is 0.196. The number of hydrogen-bond donors (Lipinski definition) is 4. The Balaban J connectivity index is 1.48. The molecule has 0 unspecified atom stereocenters. The van der Waals surface area contributed by atoms with Gasteiger partial charge in [-0.3, -0.25) is 5.10 Å². The molecule has 0 radical (unpaired) electrons. The number of aromatic hydroxyl groups is 1. The fourth-order valence-corrected chi connectivity index (χ4v) is 3.52. The summed E-state index contributed by atoms with van der Waals surface area (Å²) in [4.78, 5) is 16.8. The number of phenolic OH excluding ortho intramolecular Hbond substituents is 1. The summed E-state index contributed by atoms with van der Waals surface area (Å²) in [5.41, 5.74) is 7.85. The molecule has 3 aromatic rings. The van der Waals surface area contributed by atoms with E-state index in [0.29, 0.717) is 34.9 Å². The van der Waals surface area contributed by atoms with Gasteiger partial charge in [-0.1, -0.05) is 0 Å². The van der Waals surface area contributed by atoms with Crippen molar-refractivity contribution >= 4 is 17.1 Å².